The van der Waals surface area contributed by atoms with Crippen LogP contribution in [-0.4, -0.2) is 55.3 Å². The lowest BCUT2D eigenvalue weighted by Crippen LogP contribution is -2.34. The number of halogens is 1. The molecule has 0 bridgehead atoms. The van der Waals surface area contributed by atoms with Crippen LogP contribution in [0, 0.1) is 11.3 Å². The molecule has 4 rings (SSSR count). The molecule has 3 aromatic rings. The number of amides is 1. The second-order valence-electron chi connectivity index (χ2n) is 10.1. The van der Waals surface area contributed by atoms with Crippen LogP contribution < -0.4 is 10.1 Å². The predicted octanol–water partition coefficient (Wildman–Crippen LogP) is 5.97. The maximum absolute atomic E-state index is 12.6. The second kappa shape index (κ2) is 16.0. The van der Waals surface area contributed by atoms with E-state index in [1.165, 1.54) is 11.1 Å². The topological polar surface area (TPSA) is 85.6 Å². The van der Waals surface area contributed by atoms with Crippen LogP contribution in [0.15, 0.2) is 66.7 Å². The van der Waals surface area contributed by atoms with E-state index in [2.05, 4.69) is 41.4 Å². The smallest absolute Gasteiger partial charge is 0.251 e. The van der Waals surface area contributed by atoms with Gasteiger partial charge in [-0.25, -0.2) is 0 Å². The molecule has 1 amide bonds. The molecule has 6 nitrogen and oxygen atoms in total. The van der Waals surface area contributed by atoms with E-state index < -0.39 is 0 Å². The molecule has 0 saturated carbocycles. The third-order valence-corrected chi connectivity index (χ3v) is 7.54. The Kier molecular flexibility index (Phi) is 12.5. The maximum Gasteiger partial charge on any atom is 0.251 e. The van der Waals surface area contributed by atoms with E-state index in [0.717, 1.165) is 68.6 Å². The Morgan fingerprint density at radius 3 is 2.33 bits per heavy atom. The molecule has 0 radical (unpaired) electrons. The fourth-order valence-corrected chi connectivity index (χ4v) is 5.20. The summed E-state index contributed by atoms with van der Waals surface area (Å²) in [7, 11) is 0. The number of nitriles is 1. The minimum Gasteiger partial charge on any atom is -0.491 e. The van der Waals surface area contributed by atoms with E-state index >= 15 is 0 Å². The lowest BCUT2D eigenvalue weighted by atomic mass is 9.88. The average molecular weight is 562 g/mol. The van der Waals surface area contributed by atoms with E-state index in [1.807, 2.05) is 36.4 Å². The van der Waals surface area contributed by atoms with Gasteiger partial charge in [0.05, 0.1) is 18.2 Å². The molecule has 2 N–H and O–H groups in total. The van der Waals surface area contributed by atoms with Crippen LogP contribution >= 0.6 is 12.4 Å². The van der Waals surface area contributed by atoms with Crippen molar-refractivity contribution in [2.45, 2.75) is 44.9 Å². The number of nitrogens with zero attached hydrogens (tertiary/aromatic N) is 2. The summed E-state index contributed by atoms with van der Waals surface area (Å²) < 4.78 is 5.88. The number of hydrogen-bond acceptors (Lipinski definition) is 5. The third kappa shape index (κ3) is 8.56. The van der Waals surface area contributed by atoms with Crippen molar-refractivity contribution in [2.75, 3.05) is 39.4 Å². The van der Waals surface area contributed by atoms with Gasteiger partial charge in [0.1, 0.15) is 12.4 Å². The Hall–Kier alpha value is -3.37. The summed E-state index contributed by atoms with van der Waals surface area (Å²) in [6.07, 6.45) is 5.19. The van der Waals surface area contributed by atoms with Crippen molar-refractivity contribution in [3.05, 3.63) is 89.0 Å². The lowest BCUT2D eigenvalue weighted by Gasteiger charge is -2.33. The van der Waals surface area contributed by atoms with Gasteiger partial charge >= 0.3 is 0 Å². The van der Waals surface area contributed by atoms with Gasteiger partial charge in [-0.15, -0.1) is 12.4 Å². The number of benzene rings is 3. The summed E-state index contributed by atoms with van der Waals surface area (Å²) in [5, 5.41) is 21.2. The highest BCUT2D eigenvalue weighted by Gasteiger charge is 2.23. The average Bonchev–Trinajstić information content (AvgIpc) is 3.00. The first-order valence-electron chi connectivity index (χ1n) is 14.1. The molecule has 3 aromatic carbocycles. The van der Waals surface area contributed by atoms with Crippen molar-refractivity contribution in [2.24, 2.45) is 0 Å². The third-order valence-electron chi connectivity index (χ3n) is 7.54. The second-order valence-corrected chi connectivity index (χ2v) is 10.1. The number of carbonyl (C=O) groups is 1. The number of hydrogen-bond donors (Lipinski definition) is 2. The van der Waals surface area contributed by atoms with Crippen LogP contribution in [0.4, 0.5) is 0 Å². The Labute approximate surface area is 244 Å². The maximum atomic E-state index is 12.6. The molecule has 40 heavy (non-hydrogen) atoms. The monoisotopic (exact) mass is 561 g/mol. The van der Waals surface area contributed by atoms with E-state index in [4.69, 9.17) is 10.00 Å². The molecule has 1 aliphatic rings. The molecule has 212 valence electrons. The first-order chi connectivity index (χ1) is 19.1. The minimum atomic E-state index is -0.0458. The van der Waals surface area contributed by atoms with Crippen molar-refractivity contribution in [3.8, 4) is 22.9 Å². The standard InChI is InChI=1S/C33H39N3O3.ClH/c1-2-25-7-14-31(32(23-25)39-22-21-37)29-15-19-36(20-16-29)18-4-3-17-35-33(38)30-12-10-28(11-13-30)27-8-5-26(24-34)6-9-27;/h5-14,23,29,37H,2-4,15-22H2,1H3,(H,35,38);1H. The fourth-order valence-electron chi connectivity index (χ4n) is 5.20. The van der Waals surface area contributed by atoms with Crippen LogP contribution in [0.5, 0.6) is 5.75 Å². The van der Waals surface area contributed by atoms with Crippen LogP contribution in [0.25, 0.3) is 11.1 Å². The number of rotatable bonds is 12. The number of nitrogens with one attached hydrogen (secondary N) is 1. The van der Waals surface area contributed by atoms with E-state index in [0.29, 0.717) is 30.2 Å². The molecule has 0 unspecified atom stereocenters. The van der Waals surface area contributed by atoms with Gasteiger partial charge in [0.15, 0.2) is 0 Å². The first kappa shape index (κ1) is 31.2. The summed E-state index contributed by atoms with van der Waals surface area (Å²) in [6.45, 7) is 6.35. The van der Waals surface area contributed by atoms with Gasteiger partial charge in [-0.2, -0.15) is 5.26 Å². The number of likely N-dealkylation sites (tertiary alicyclic amines) is 1. The zero-order valence-electron chi connectivity index (χ0n) is 23.3. The molecule has 1 fully saturated rings. The number of ether oxygens (including phenoxy) is 1. The lowest BCUT2D eigenvalue weighted by molar-refractivity contribution is 0.0952. The number of aliphatic hydroxyl groups excluding tert-OH is 1. The molecule has 0 spiro atoms. The predicted molar refractivity (Wildman–Crippen MR) is 162 cm³/mol. The number of piperidine rings is 1. The quantitative estimate of drug-likeness (QED) is 0.266. The number of carbonyl (C=O) groups excluding carboxylic acids is 1. The van der Waals surface area contributed by atoms with Crippen LogP contribution in [0.1, 0.15) is 65.6 Å². The Morgan fingerprint density at radius 1 is 1.02 bits per heavy atom. The van der Waals surface area contributed by atoms with Crippen LogP contribution in [-0.2, 0) is 6.42 Å². The number of aliphatic hydroxyl groups is 1. The van der Waals surface area contributed by atoms with Crippen molar-refractivity contribution in [1.82, 2.24) is 10.2 Å². The summed E-state index contributed by atoms with van der Waals surface area (Å²) in [6, 6.07) is 23.7. The summed E-state index contributed by atoms with van der Waals surface area (Å²) in [5.41, 5.74) is 5.87. The van der Waals surface area contributed by atoms with Crippen LogP contribution in [0.2, 0.25) is 0 Å². The molecular weight excluding hydrogens is 522 g/mol. The normalized spacial score (nSPS) is 13.7. The van der Waals surface area contributed by atoms with Gasteiger partial charge in [-0.3, -0.25) is 4.79 Å². The molecule has 1 saturated heterocycles. The minimum absolute atomic E-state index is 0. The van der Waals surface area contributed by atoms with E-state index in [1.54, 1.807) is 12.1 Å². The highest BCUT2D eigenvalue weighted by atomic mass is 35.5. The van der Waals surface area contributed by atoms with Crippen LogP contribution in [0.3, 0.4) is 0 Å². The summed E-state index contributed by atoms with van der Waals surface area (Å²) in [5.74, 6) is 1.38. The first-order valence-corrected chi connectivity index (χ1v) is 14.1. The molecule has 0 aliphatic carbocycles. The molecule has 0 atom stereocenters. The van der Waals surface area contributed by atoms with Crippen molar-refractivity contribution in [1.29, 1.82) is 5.26 Å². The van der Waals surface area contributed by atoms with Crippen molar-refractivity contribution in [3.63, 3.8) is 0 Å². The van der Waals surface area contributed by atoms with Gasteiger partial charge in [0, 0.05) is 12.1 Å². The van der Waals surface area contributed by atoms with E-state index in [9.17, 15) is 9.90 Å². The van der Waals surface area contributed by atoms with Gasteiger partial charge in [-0.05, 0) is 110 Å². The Bertz CT molecular complexity index is 1250. The molecule has 7 heteroatoms. The SMILES string of the molecule is CCc1ccc(C2CCN(CCCCNC(=O)c3ccc(-c4ccc(C#N)cc4)cc3)CC2)c(OCCO)c1.Cl. The van der Waals surface area contributed by atoms with Crippen molar-refractivity contribution < 1.29 is 14.6 Å². The Balaban J connectivity index is 0.00000441. The molecule has 1 aliphatic heterocycles. The fraction of sp³-hybridized carbons (Fsp3) is 0.394. The Morgan fingerprint density at radius 2 is 1.70 bits per heavy atom. The largest absolute Gasteiger partial charge is 0.491 e. The van der Waals surface area contributed by atoms with Gasteiger partial charge < -0.3 is 20.1 Å². The van der Waals surface area contributed by atoms with Gasteiger partial charge in [0.2, 0.25) is 0 Å². The number of unbranched alkanes of at least 4 members (excludes halogenated alkanes) is 1. The highest BCUT2D eigenvalue weighted by Crippen LogP contribution is 2.35. The summed E-state index contributed by atoms with van der Waals surface area (Å²) >= 11 is 0. The van der Waals surface area contributed by atoms with Crippen molar-refractivity contribution >= 4 is 18.3 Å². The van der Waals surface area contributed by atoms with E-state index in [-0.39, 0.29) is 24.9 Å². The number of aryl methyl sites for hydroxylation is 1. The highest BCUT2D eigenvalue weighted by molar-refractivity contribution is 5.94. The van der Waals surface area contributed by atoms with Gasteiger partial charge in [0.25, 0.3) is 5.91 Å². The molecular formula is C33H40ClN3O3. The molecule has 1 heterocycles. The van der Waals surface area contributed by atoms with Gasteiger partial charge in [-0.1, -0.05) is 43.3 Å². The zero-order chi connectivity index (χ0) is 27.5. The zero-order valence-corrected chi connectivity index (χ0v) is 24.1. The molecule has 0 aromatic heterocycles. The summed E-state index contributed by atoms with van der Waals surface area (Å²) in [4.78, 5) is 15.1.